The lowest BCUT2D eigenvalue weighted by Crippen LogP contribution is -2.66. The topological polar surface area (TPSA) is 295 Å². The van der Waals surface area contributed by atoms with Crippen LogP contribution in [0.5, 0.6) is 0 Å². The molecule has 0 aromatic rings. The average molecular weight is 522 g/mol. The molecule has 16 heteroatoms. The maximum absolute atomic E-state index is 12.5. The molecule has 0 bridgehead atoms. The van der Waals surface area contributed by atoms with E-state index in [1.165, 1.54) is 0 Å². The van der Waals surface area contributed by atoms with Gasteiger partial charge in [-0.15, -0.1) is 0 Å². The fourth-order valence-corrected chi connectivity index (χ4v) is 4.61. The van der Waals surface area contributed by atoms with Crippen molar-refractivity contribution in [1.29, 1.82) is 5.41 Å². The Kier molecular flexibility index (Phi) is 9.45. The Hall–Kier alpha value is -1.70. The number of amides is 1. The molecule has 4 unspecified atom stereocenters. The summed E-state index contributed by atoms with van der Waals surface area (Å²) in [4.78, 5) is 12.5. The molecule has 0 aromatic heterocycles. The number of aliphatic hydroxyl groups excluding tert-OH is 5. The van der Waals surface area contributed by atoms with Crippen molar-refractivity contribution in [3.63, 3.8) is 0 Å². The summed E-state index contributed by atoms with van der Waals surface area (Å²) in [5.74, 6) is -1.03. The first-order valence-electron chi connectivity index (χ1n) is 11.9. The van der Waals surface area contributed by atoms with Crippen LogP contribution >= 0.6 is 0 Å². The van der Waals surface area contributed by atoms with E-state index in [0.717, 1.165) is 0 Å². The number of hydrogen-bond donors (Lipinski definition) is 13. The molecule has 1 heterocycles. The lowest BCUT2D eigenvalue weighted by molar-refractivity contribution is -0.284. The SMILES string of the molecule is N=C(N)NC1CC1(O)C(=O)N[C@H]1C[C@@H](O)C(O[C@H]2O[C@H](CNCC(O)CO)[C@@H](O)[C@H](O)[C@H]2N)[C@@H](N)C1. The van der Waals surface area contributed by atoms with E-state index in [1.54, 1.807) is 0 Å². The van der Waals surface area contributed by atoms with E-state index in [0.29, 0.717) is 0 Å². The third-order valence-corrected chi connectivity index (χ3v) is 6.85. The highest BCUT2D eigenvalue weighted by molar-refractivity contribution is 5.91. The monoisotopic (exact) mass is 521 g/mol. The summed E-state index contributed by atoms with van der Waals surface area (Å²) < 4.78 is 11.6. The molecule has 12 atom stereocenters. The molecule has 2 aliphatic carbocycles. The van der Waals surface area contributed by atoms with Gasteiger partial charge in [0.15, 0.2) is 17.9 Å². The normalized spacial score (nSPS) is 43.4. The van der Waals surface area contributed by atoms with Gasteiger partial charge in [0.25, 0.3) is 5.91 Å². The van der Waals surface area contributed by atoms with E-state index >= 15 is 0 Å². The van der Waals surface area contributed by atoms with Crippen LogP contribution < -0.4 is 33.2 Å². The molecule has 1 aliphatic heterocycles. The molecule has 16 N–H and O–H groups in total. The van der Waals surface area contributed by atoms with Crippen molar-refractivity contribution in [2.75, 3.05) is 19.7 Å². The number of rotatable bonds is 10. The van der Waals surface area contributed by atoms with Crippen LogP contribution in [-0.4, -0.2) is 135 Å². The maximum atomic E-state index is 12.5. The lowest BCUT2D eigenvalue weighted by Gasteiger charge is -2.45. The minimum Gasteiger partial charge on any atom is -0.394 e. The molecule has 1 saturated heterocycles. The predicted molar refractivity (Wildman–Crippen MR) is 123 cm³/mol. The van der Waals surface area contributed by atoms with Crippen LogP contribution in [0.1, 0.15) is 19.3 Å². The van der Waals surface area contributed by atoms with Gasteiger partial charge in [-0.25, -0.2) is 0 Å². The zero-order valence-corrected chi connectivity index (χ0v) is 19.7. The van der Waals surface area contributed by atoms with Gasteiger partial charge < -0.3 is 73.3 Å². The minimum atomic E-state index is -1.70. The second-order valence-corrected chi connectivity index (χ2v) is 9.81. The third kappa shape index (κ3) is 6.59. The van der Waals surface area contributed by atoms with Gasteiger partial charge >= 0.3 is 0 Å². The van der Waals surface area contributed by atoms with Crippen molar-refractivity contribution in [1.82, 2.24) is 16.0 Å². The summed E-state index contributed by atoms with van der Waals surface area (Å²) in [6.07, 6.45) is -7.70. The van der Waals surface area contributed by atoms with Crippen LogP contribution in [0.15, 0.2) is 0 Å². The number of carbonyl (C=O) groups is 1. The molecule has 0 radical (unpaired) electrons. The Labute approximate surface area is 207 Å². The predicted octanol–water partition coefficient (Wildman–Crippen LogP) is -6.96. The molecule has 0 spiro atoms. The van der Waals surface area contributed by atoms with Crippen LogP contribution in [0.25, 0.3) is 0 Å². The Morgan fingerprint density at radius 3 is 2.50 bits per heavy atom. The molecule has 2 saturated carbocycles. The second kappa shape index (κ2) is 11.8. The van der Waals surface area contributed by atoms with E-state index in [9.17, 15) is 30.3 Å². The molecule has 208 valence electrons. The highest BCUT2D eigenvalue weighted by atomic mass is 16.7. The summed E-state index contributed by atoms with van der Waals surface area (Å²) >= 11 is 0. The van der Waals surface area contributed by atoms with E-state index in [4.69, 9.17) is 37.2 Å². The van der Waals surface area contributed by atoms with Gasteiger partial charge in [-0.3, -0.25) is 10.2 Å². The first-order chi connectivity index (χ1) is 16.9. The zero-order valence-electron chi connectivity index (χ0n) is 19.7. The van der Waals surface area contributed by atoms with E-state index in [2.05, 4.69) is 16.0 Å². The minimum absolute atomic E-state index is 0.0115. The van der Waals surface area contributed by atoms with Gasteiger partial charge in [0.1, 0.15) is 24.4 Å². The quantitative estimate of drug-likeness (QED) is 0.0939. The second-order valence-electron chi connectivity index (χ2n) is 9.81. The number of guanidine groups is 1. The Bertz CT molecular complexity index is 770. The lowest BCUT2D eigenvalue weighted by atomic mass is 9.86. The smallest absolute Gasteiger partial charge is 0.254 e. The van der Waals surface area contributed by atoms with Crippen molar-refractivity contribution in [2.45, 2.75) is 91.9 Å². The van der Waals surface area contributed by atoms with Gasteiger partial charge in [-0.2, -0.15) is 0 Å². The van der Waals surface area contributed by atoms with Crippen molar-refractivity contribution in [2.24, 2.45) is 17.2 Å². The van der Waals surface area contributed by atoms with Crippen molar-refractivity contribution in [3.8, 4) is 0 Å². The largest absolute Gasteiger partial charge is 0.394 e. The van der Waals surface area contributed by atoms with Gasteiger partial charge in [0, 0.05) is 31.6 Å². The van der Waals surface area contributed by atoms with Crippen LogP contribution in [0.2, 0.25) is 0 Å². The molecule has 1 amide bonds. The zero-order chi connectivity index (χ0) is 26.8. The van der Waals surface area contributed by atoms with Gasteiger partial charge in [0.2, 0.25) is 0 Å². The van der Waals surface area contributed by atoms with Crippen LogP contribution in [0.4, 0.5) is 0 Å². The van der Waals surface area contributed by atoms with Crippen LogP contribution in [-0.2, 0) is 14.3 Å². The summed E-state index contributed by atoms with van der Waals surface area (Å²) in [5, 5.41) is 75.3. The van der Waals surface area contributed by atoms with Gasteiger partial charge in [0.05, 0.1) is 30.9 Å². The molecule has 3 rings (SSSR count). The highest BCUT2D eigenvalue weighted by Crippen LogP contribution is 2.36. The Balaban J connectivity index is 1.54. The summed E-state index contributed by atoms with van der Waals surface area (Å²) in [7, 11) is 0. The molecular formula is C20H39N7O9. The standard InChI is InChI=1S/C20H39N7O9/c21-9-1-7(26-18(33)20(34)3-12(20)27-19(23)24)2-10(30)16(9)36-17-13(22)15(32)14(31)11(35-17)5-25-4-8(29)6-28/h7-17,25,28-32,34H,1-6,21-22H2,(H,26,33)(H4,23,24,27)/t7-,8?,9+,10-,11-,12?,13-,14-,15-,16?,17-,20?/m1/s1. The van der Waals surface area contributed by atoms with Crippen LogP contribution in [0, 0.1) is 5.41 Å². The highest BCUT2D eigenvalue weighted by Gasteiger charge is 2.60. The van der Waals surface area contributed by atoms with Crippen molar-refractivity contribution in [3.05, 3.63) is 0 Å². The summed E-state index contributed by atoms with van der Waals surface area (Å²) in [6.45, 7) is -0.414. The Morgan fingerprint density at radius 2 is 1.89 bits per heavy atom. The molecule has 16 nitrogen and oxygen atoms in total. The first-order valence-corrected chi connectivity index (χ1v) is 11.9. The van der Waals surface area contributed by atoms with Crippen molar-refractivity contribution >= 4 is 11.9 Å². The molecule has 3 fully saturated rings. The first kappa shape index (κ1) is 28.9. The molecule has 3 aliphatic rings. The van der Waals surface area contributed by atoms with Gasteiger partial charge in [-0.1, -0.05) is 0 Å². The van der Waals surface area contributed by atoms with Crippen molar-refractivity contribution < 1.29 is 44.9 Å². The fourth-order valence-electron chi connectivity index (χ4n) is 4.61. The van der Waals surface area contributed by atoms with E-state index in [1.807, 2.05) is 0 Å². The number of nitrogens with one attached hydrogen (secondary N) is 4. The fraction of sp³-hybridized carbons (Fsp3) is 0.900. The van der Waals surface area contributed by atoms with E-state index < -0.39 is 85.2 Å². The number of ether oxygens (including phenoxy) is 2. The number of carbonyl (C=O) groups excluding carboxylic acids is 1. The molecular weight excluding hydrogens is 482 g/mol. The maximum Gasteiger partial charge on any atom is 0.254 e. The average Bonchev–Trinajstić information content (AvgIpc) is 3.46. The number of hydrogen-bond acceptors (Lipinski definition) is 13. The van der Waals surface area contributed by atoms with Crippen LogP contribution in [0.3, 0.4) is 0 Å². The number of nitrogens with two attached hydrogens (primary N) is 3. The van der Waals surface area contributed by atoms with Gasteiger partial charge in [-0.05, 0) is 12.8 Å². The Morgan fingerprint density at radius 1 is 1.19 bits per heavy atom. The summed E-state index contributed by atoms with van der Waals surface area (Å²) in [5.41, 5.74) is 15.7. The third-order valence-electron chi connectivity index (χ3n) is 6.85. The molecule has 36 heavy (non-hydrogen) atoms. The molecule has 0 aromatic carbocycles. The summed E-state index contributed by atoms with van der Waals surface area (Å²) in [6, 6.07) is -3.15. The number of aliphatic hydroxyl groups is 6. The van der Waals surface area contributed by atoms with E-state index in [-0.39, 0.29) is 38.3 Å².